The number of aromatic nitrogens is 2. The van der Waals surface area contributed by atoms with Crippen LogP contribution in [-0.2, 0) is 9.57 Å². The Hall–Kier alpha value is -2.49. The van der Waals surface area contributed by atoms with Crippen LogP contribution < -0.4 is 11.1 Å². The van der Waals surface area contributed by atoms with Gasteiger partial charge >= 0.3 is 0 Å². The molecule has 1 aromatic heterocycles. The molecule has 8 nitrogen and oxygen atoms in total. The monoisotopic (exact) mass is 394 g/mol. The van der Waals surface area contributed by atoms with E-state index in [0.717, 1.165) is 32.8 Å². The zero-order valence-corrected chi connectivity index (χ0v) is 15.3. The van der Waals surface area contributed by atoms with Gasteiger partial charge < -0.3 is 20.6 Å². The molecule has 0 unspecified atom stereocenters. The van der Waals surface area contributed by atoms with E-state index in [-0.39, 0.29) is 10.8 Å². The van der Waals surface area contributed by atoms with Crippen molar-refractivity contribution in [2.75, 3.05) is 50.5 Å². The molecule has 0 radical (unpaired) electrons. The van der Waals surface area contributed by atoms with Gasteiger partial charge in [-0.15, -0.1) is 0 Å². The Balaban J connectivity index is 1.61. The average Bonchev–Trinajstić information content (AvgIpc) is 2.67. The molecule has 0 bridgehead atoms. The Morgan fingerprint density at radius 3 is 2.96 bits per heavy atom. The summed E-state index contributed by atoms with van der Waals surface area (Å²) in [6.45, 7) is 4.47. The molecule has 27 heavy (non-hydrogen) atoms. The fourth-order valence-electron chi connectivity index (χ4n) is 2.48. The molecule has 0 atom stereocenters. The van der Waals surface area contributed by atoms with Crippen molar-refractivity contribution < 1.29 is 14.0 Å². The summed E-state index contributed by atoms with van der Waals surface area (Å²) in [6, 6.07) is 4.26. The molecular formula is C17H20ClFN6O2. The van der Waals surface area contributed by atoms with Crippen LogP contribution in [0.15, 0.2) is 29.7 Å². The highest BCUT2D eigenvalue weighted by molar-refractivity contribution is 6.31. The third kappa shape index (κ3) is 5.49. The lowest BCUT2D eigenvalue weighted by molar-refractivity contribution is 0.0214. The molecule has 10 heteroatoms. The third-order valence-corrected chi connectivity index (χ3v) is 4.25. The fraction of sp³-hybridized carbons (Fsp3) is 0.353. The van der Waals surface area contributed by atoms with Crippen LogP contribution in [0.4, 0.5) is 21.7 Å². The first-order valence-corrected chi connectivity index (χ1v) is 8.79. The second kappa shape index (κ2) is 9.45. The van der Waals surface area contributed by atoms with Crippen LogP contribution in [0.25, 0.3) is 0 Å². The van der Waals surface area contributed by atoms with Crippen LogP contribution in [0.2, 0.25) is 5.02 Å². The van der Waals surface area contributed by atoms with Crippen molar-refractivity contribution >= 4 is 35.1 Å². The van der Waals surface area contributed by atoms with Crippen LogP contribution in [0.5, 0.6) is 0 Å². The van der Waals surface area contributed by atoms with E-state index >= 15 is 0 Å². The maximum Gasteiger partial charge on any atom is 0.144 e. The van der Waals surface area contributed by atoms with Gasteiger partial charge in [0.25, 0.3) is 0 Å². The summed E-state index contributed by atoms with van der Waals surface area (Å²) in [6.07, 6.45) is 2.77. The number of morpholine rings is 1. The Labute approximate surface area is 161 Å². The number of hydrogen-bond donors (Lipinski definition) is 2. The SMILES string of the molecule is Nc1ncnc(Nc2ccc(F)c(Cl)c2)c1C=NOCCN1CCOCC1. The number of nitrogen functional groups attached to an aromatic ring is 1. The number of benzene rings is 1. The van der Waals surface area contributed by atoms with Gasteiger partial charge in [0.05, 0.1) is 30.0 Å². The van der Waals surface area contributed by atoms with Gasteiger partial charge in [-0.05, 0) is 18.2 Å². The van der Waals surface area contributed by atoms with E-state index in [1.54, 1.807) is 6.07 Å². The van der Waals surface area contributed by atoms with Gasteiger partial charge in [0, 0.05) is 25.3 Å². The smallest absolute Gasteiger partial charge is 0.144 e. The third-order valence-electron chi connectivity index (χ3n) is 3.96. The minimum atomic E-state index is -0.500. The Morgan fingerprint density at radius 1 is 1.37 bits per heavy atom. The summed E-state index contributed by atoms with van der Waals surface area (Å²) in [5.41, 5.74) is 6.93. The number of anilines is 3. The number of oxime groups is 1. The van der Waals surface area contributed by atoms with Crippen LogP contribution in [0, 0.1) is 5.82 Å². The molecule has 1 aliphatic heterocycles. The lowest BCUT2D eigenvalue weighted by Gasteiger charge is -2.25. The predicted molar refractivity (Wildman–Crippen MR) is 102 cm³/mol. The highest BCUT2D eigenvalue weighted by Crippen LogP contribution is 2.24. The first-order valence-electron chi connectivity index (χ1n) is 8.41. The molecule has 3 rings (SSSR count). The highest BCUT2D eigenvalue weighted by atomic mass is 35.5. The number of ether oxygens (including phenoxy) is 1. The molecule has 3 N–H and O–H groups in total. The maximum atomic E-state index is 13.3. The van der Waals surface area contributed by atoms with Crippen molar-refractivity contribution in [2.45, 2.75) is 0 Å². The summed E-state index contributed by atoms with van der Waals surface area (Å²) in [7, 11) is 0. The van der Waals surface area contributed by atoms with Crippen molar-refractivity contribution in [1.82, 2.24) is 14.9 Å². The molecule has 0 aliphatic carbocycles. The molecule has 0 amide bonds. The summed E-state index contributed by atoms with van der Waals surface area (Å²) >= 11 is 5.80. The van der Waals surface area contributed by atoms with Gasteiger partial charge in [0.15, 0.2) is 0 Å². The van der Waals surface area contributed by atoms with Gasteiger partial charge in [-0.25, -0.2) is 14.4 Å². The Bertz CT molecular complexity index is 801. The second-order valence-electron chi connectivity index (χ2n) is 5.80. The van der Waals surface area contributed by atoms with E-state index in [1.807, 2.05) is 0 Å². The molecule has 1 fully saturated rings. The van der Waals surface area contributed by atoms with E-state index in [4.69, 9.17) is 26.9 Å². The fourth-order valence-corrected chi connectivity index (χ4v) is 2.66. The molecule has 144 valence electrons. The maximum absolute atomic E-state index is 13.3. The molecule has 1 saturated heterocycles. The summed E-state index contributed by atoms with van der Waals surface area (Å²) in [5.74, 6) is 0.145. The summed E-state index contributed by atoms with van der Waals surface area (Å²) < 4.78 is 18.6. The van der Waals surface area contributed by atoms with Crippen molar-refractivity contribution in [3.8, 4) is 0 Å². The van der Waals surface area contributed by atoms with Gasteiger partial charge in [0.2, 0.25) is 0 Å². The number of rotatable bonds is 7. The lowest BCUT2D eigenvalue weighted by Crippen LogP contribution is -2.38. The van der Waals surface area contributed by atoms with Gasteiger partial charge in [-0.1, -0.05) is 16.8 Å². The molecule has 1 aliphatic rings. The predicted octanol–water partition coefficient (Wildman–Crippen LogP) is 2.28. The van der Waals surface area contributed by atoms with E-state index in [2.05, 4.69) is 25.3 Å². The number of hydrogen-bond acceptors (Lipinski definition) is 8. The van der Waals surface area contributed by atoms with Crippen LogP contribution in [0.1, 0.15) is 5.56 Å². The van der Waals surface area contributed by atoms with Crippen molar-refractivity contribution in [2.24, 2.45) is 5.16 Å². The van der Waals surface area contributed by atoms with Crippen LogP contribution in [0.3, 0.4) is 0 Å². The normalized spacial score (nSPS) is 15.2. The number of nitrogens with one attached hydrogen (secondary N) is 1. The first kappa shape index (κ1) is 19.3. The Morgan fingerprint density at radius 2 is 2.19 bits per heavy atom. The minimum absolute atomic E-state index is 0.00342. The van der Waals surface area contributed by atoms with Gasteiger partial charge in [0.1, 0.15) is 30.4 Å². The Kier molecular flexibility index (Phi) is 6.74. The van der Waals surface area contributed by atoms with Crippen molar-refractivity contribution in [3.63, 3.8) is 0 Å². The summed E-state index contributed by atoms with van der Waals surface area (Å²) in [4.78, 5) is 15.7. The molecular weight excluding hydrogens is 375 g/mol. The first-order chi connectivity index (χ1) is 13.1. The highest BCUT2D eigenvalue weighted by Gasteiger charge is 2.11. The molecule has 0 spiro atoms. The van der Waals surface area contributed by atoms with E-state index in [1.165, 1.54) is 24.7 Å². The van der Waals surface area contributed by atoms with Gasteiger partial charge in [-0.3, -0.25) is 4.90 Å². The zero-order chi connectivity index (χ0) is 19.1. The van der Waals surface area contributed by atoms with E-state index < -0.39 is 5.82 Å². The molecule has 2 aromatic rings. The lowest BCUT2D eigenvalue weighted by atomic mass is 10.2. The van der Waals surface area contributed by atoms with Crippen LogP contribution in [-0.4, -0.2) is 60.5 Å². The standard InChI is InChI=1S/C17H20ClFN6O2/c18-14-9-12(1-2-15(14)19)24-17-13(16(20)21-11-22-17)10-23-27-8-5-25-3-6-26-7-4-25/h1-2,9-11H,3-8H2,(H3,20,21,22,24). The van der Waals surface area contributed by atoms with Crippen molar-refractivity contribution in [3.05, 3.63) is 40.9 Å². The van der Waals surface area contributed by atoms with E-state index in [0.29, 0.717) is 23.7 Å². The van der Waals surface area contributed by atoms with Gasteiger partial charge in [-0.2, -0.15) is 0 Å². The average molecular weight is 395 g/mol. The van der Waals surface area contributed by atoms with Crippen LogP contribution >= 0.6 is 11.6 Å². The molecule has 0 saturated carbocycles. The molecule has 2 heterocycles. The second-order valence-corrected chi connectivity index (χ2v) is 6.20. The van der Waals surface area contributed by atoms with E-state index in [9.17, 15) is 4.39 Å². The number of nitrogens with zero attached hydrogens (tertiary/aromatic N) is 4. The zero-order valence-electron chi connectivity index (χ0n) is 14.6. The minimum Gasteiger partial charge on any atom is -0.394 e. The van der Waals surface area contributed by atoms with Crippen molar-refractivity contribution in [1.29, 1.82) is 0 Å². The molecule has 1 aromatic carbocycles. The number of nitrogens with two attached hydrogens (primary N) is 1. The topological polar surface area (TPSA) is 97.9 Å². The largest absolute Gasteiger partial charge is 0.394 e. The quantitative estimate of drug-likeness (QED) is 0.422. The summed E-state index contributed by atoms with van der Waals surface area (Å²) in [5, 5.41) is 6.98. The number of halogens is 2.